The van der Waals surface area contributed by atoms with Gasteiger partial charge in [0.15, 0.2) is 0 Å². The zero-order valence-electron chi connectivity index (χ0n) is 17.9. The van der Waals surface area contributed by atoms with Crippen molar-refractivity contribution in [2.45, 2.75) is 33.2 Å². The van der Waals surface area contributed by atoms with Crippen LogP contribution >= 0.6 is 0 Å². The average Bonchev–Trinajstić information content (AvgIpc) is 3.00. The summed E-state index contributed by atoms with van der Waals surface area (Å²) >= 11 is 0. The molecule has 0 saturated heterocycles. The van der Waals surface area contributed by atoms with Crippen LogP contribution in [-0.4, -0.2) is 21.7 Å². The van der Waals surface area contributed by atoms with E-state index in [9.17, 15) is 9.59 Å². The molecule has 31 heavy (non-hydrogen) atoms. The molecule has 1 aliphatic heterocycles. The molecule has 0 bridgehead atoms. The maximum absolute atomic E-state index is 13.3. The molecule has 3 aromatic rings. The smallest absolute Gasteiger partial charge is 0.278 e. The number of imide groups is 1. The van der Waals surface area contributed by atoms with Crippen LogP contribution in [-0.2, 0) is 16.1 Å². The number of amides is 2. The summed E-state index contributed by atoms with van der Waals surface area (Å²) < 4.78 is 0. The summed E-state index contributed by atoms with van der Waals surface area (Å²) in [6.45, 7) is 6.46. The zero-order valence-corrected chi connectivity index (χ0v) is 17.9. The number of nitrogens with zero attached hydrogens (tertiary/aromatic N) is 2. The quantitative estimate of drug-likeness (QED) is 0.586. The normalized spacial score (nSPS) is 14.0. The minimum Gasteiger partial charge on any atom is -0.350 e. The van der Waals surface area contributed by atoms with Crippen molar-refractivity contribution in [3.63, 3.8) is 0 Å². The van der Waals surface area contributed by atoms with Crippen molar-refractivity contribution in [2.24, 2.45) is 0 Å². The van der Waals surface area contributed by atoms with E-state index in [0.29, 0.717) is 17.2 Å². The fourth-order valence-electron chi connectivity index (χ4n) is 3.59. The number of hydrogen-bond donors (Lipinski definition) is 1. The lowest BCUT2D eigenvalue weighted by molar-refractivity contribution is -0.137. The van der Waals surface area contributed by atoms with E-state index in [1.807, 2.05) is 67.6 Å². The maximum Gasteiger partial charge on any atom is 0.278 e. The van der Waals surface area contributed by atoms with E-state index in [2.05, 4.69) is 24.1 Å². The minimum atomic E-state index is -0.328. The topological polar surface area (TPSA) is 62.3 Å². The monoisotopic (exact) mass is 411 g/mol. The molecule has 5 heteroatoms. The molecule has 5 nitrogen and oxygen atoms in total. The third-order valence-electron chi connectivity index (χ3n) is 5.45. The molecule has 0 radical (unpaired) electrons. The van der Waals surface area contributed by atoms with Gasteiger partial charge in [-0.3, -0.25) is 19.5 Å². The van der Waals surface area contributed by atoms with Gasteiger partial charge in [-0.2, -0.15) is 0 Å². The van der Waals surface area contributed by atoms with E-state index < -0.39 is 0 Å². The first kappa shape index (κ1) is 20.5. The highest BCUT2D eigenvalue weighted by atomic mass is 16.2. The Balaban J connectivity index is 1.71. The molecular formula is C26H25N3O2. The third kappa shape index (κ3) is 4.26. The fourth-order valence-corrected chi connectivity index (χ4v) is 3.59. The number of pyridine rings is 1. The van der Waals surface area contributed by atoms with Gasteiger partial charge in [0.05, 0.1) is 12.1 Å². The Morgan fingerprint density at radius 1 is 0.871 bits per heavy atom. The van der Waals surface area contributed by atoms with Gasteiger partial charge in [0.25, 0.3) is 11.8 Å². The number of aromatic nitrogens is 1. The van der Waals surface area contributed by atoms with E-state index in [1.54, 1.807) is 12.4 Å². The van der Waals surface area contributed by atoms with Gasteiger partial charge in [-0.25, -0.2) is 0 Å². The maximum atomic E-state index is 13.3. The molecule has 156 valence electrons. The van der Waals surface area contributed by atoms with Crippen LogP contribution in [0.4, 0.5) is 5.69 Å². The van der Waals surface area contributed by atoms with E-state index in [0.717, 1.165) is 22.4 Å². The van der Waals surface area contributed by atoms with Crippen LogP contribution in [0.3, 0.4) is 0 Å². The first-order valence-electron chi connectivity index (χ1n) is 10.4. The molecule has 1 N–H and O–H groups in total. The summed E-state index contributed by atoms with van der Waals surface area (Å²) in [5, 5.41) is 3.22. The Kier molecular flexibility index (Phi) is 5.67. The summed E-state index contributed by atoms with van der Waals surface area (Å²) in [6.07, 6.45) is 3.31. The molecule has 1 aliphatic rings. The Bertz CT molecular complexity index is 1130. The predicted molar refractivity (Wildman–Crippen MR) is 122 cm³/mol. The molecule has 2 amide bonds. The third-order valence-corrected chi connectivity index (χ3v) is 5.45. The molecule has 4 rings (SSSR count). The van der Waals surface area contributed by atoms with Crippen LogP contribution in [0.2, 0.25) is 0 Å². The van der Waals surface area contributed by atoms with Crippen LogP contribution in [0.15, 0.2) is 78.8 Å². The minimum absolute atomic E-state index is 0.201. The first-order chi connectivity index (χ1) is 14.9. The van der Waals surface area contributed by atoms with Crippen LogP contribution in [0, 0.1) is 6.92 Å². The number of nitrogens with one attached hydrogen (secondary N) is 1. The standard InChI is InChI=1S/C26H25N3O2/c1-17(2)20-8-10-22(11-9-20)28-24-23(21-6-4-18(3)5-7-21)25(30)29(26(24)31)16-19-12-14-27-15-13-19/h4-15,17,28H,16H2,1-3H3. The van der Waals surface area contributed by atoms with Crippen LogP contribution < -0.4 is 5.32 Å². The van der Waals surface area contributed by atoms with Gasteiger partial charge in [-0.1, -0.05) is 55.8 Å². The lowest BCUT2D eigenvalue weighted by atomic mass is 10.0. The summed E-state index contributed by atoms with van der Waals surface area (Å²) in [7, 11) is 0. The second-order valence-corrected chi connectivity index (χ2v) is 8.07. The van der Waals surface area contributed by atoms with E-state index >= 15 is 0 Å². The molecule has 2 heterocycles. The van der Waals surface area contributed by atoms with Crippen molar-refractivity contribution in [1.82, 2.24) is 9.88 Å². The van der Waals surface area contributed by atoms with Crippen LogP contribution in [0.25, 0.3) is 5.57 Å². The van der Waals surface area contributed by atoms with Gasteiger partial charge < -0.3 is 5.32 Å². The van der Waals surface area contributed by atoms with Gasteiger partial charge in [0.2, 0.25) is 0 Å². The summed E-state index contributed by atoms with van der Waals surface area (Å²) in [4.78, 5) is 32.0. The summed E-state index contributed by atoms with van der Waals surface area (Å²) in [5.74, 6) is -0.209. The molecule has 0 unspecified atom stereocenters. The first-order valence-corrected chi connectivity index (χ1v) is 10.4. The molecule has 2 aromatic carbocycles. The van der Waals surface area contributed by atoms with Crippen LogP contribution in [0.5, 0.6) is 0 Å². The number of aryl methyl sites for hydroxylation is 1. The summed E-state index contributed by atoms with van der Waals surface area (Å²) in [5.41, 5.74) is 5.35. The molecule has 0 spiro atoms. The highest BCUT2D eigenvalue weighted by molar-refractivity contribution is 6.36. The lowest BCUT2D eigenvalue weighted by Gasteiger charge is -2.15. The molecule has 0 saturated carbocycles. The van der Waals surface area contributed by atoms with Gasteiger partial charge in [0.1, 0.15) is 5.70 Å². The lowest BCUT2D eigenvalue weighted by Crippen LogP contribution is -2.32. The SMILES string of the molecule is Cc1ccc(C2=C(Nc3ccc(C(C)C)cc3)C(=O)N(Cc3ccncc3)C2=O)cc1. The number of anilines is 1. The molecule has 0 fully saturated rings. The van der Waals surface area contributed by atoms with E-state index in [4.69, 9.17) is 0 Å². The second-order valence-electron chi connectivity index (χ2n) is 8.07. The highest BCUT2D eigenvalue weighted by Gasteiger charge is 2.39. The molecule has 0 aliphatic carbocycles. The Morgan fingerprint density at radius 2 is 1.52 bits per heavy atom. The largest absolute Gasteiger partial charge is 0.350 e. The van der Waals surface area contributed by atoms with Crippen molar-refractivity contribution >= 4 is 23.1 Å². The zero-order chi connectivity index (χ0) is 22.0. The van der Waals surface area contributed by atoms with Gasteiger partial charge in [-0.15, -0.1) is 0 Å². The Morgan fingerprint density at radius 3 is 2.13 bits per heavy atom. The number of hydrogen-bond acceptors (Lipinski definition) is 4. The summed E-state index contributed by atoms with van der Waals surface area (Å²) in [6, 6.07) is 19.2. The Hall–Kier alpha value is -3.73. The average molecular weight is 412 g/mol. The highest BCUT2D eigenvalue weighted by Crippen LogP contribution is 2.32. The van der Waals surface area contributed by atoms with Crippen molar-refractivity contribution in [2.75, 3.05) is 5.32 Å². The fraction of sp³-hybridized carbons (Fsp3) is 0.192. The van der Waals surface area contributed by atoms with Crippen LogP contribution in [0.1, 0.15) is 42.0 Å². The number of carbonyl (C=O) groups excluding carboxylic acids is 2. The van der Waals surface area contributed by atoms with E-state index in [1.165, 1.54) is 10.5 Å². The predicted octanol–water partition coefficient (Wildman–Crippen LogP) is 4.91. The second kappa shape index (κ2) is 8.56. The van der Waals surface area contributed by atoms with Crippen molar-refractivity contribution in [1.29, 1.82) is 0 Å². The number of carbonyl (C=O) groups is 2. The van der Waals surface area contributed by atoms with Gasteiger partial charge in [0, 0.05) is 18.1 Å². The van der Waals surface area contributed by atoms with Crippen molar-refractivity contribution < 1.29 is 9.59 Å². The number of rotatable bonds is 6. The van der Waals surface area contributed by atoms with Gasteiger partial charge in [-0.05, 0) is 53.8 Å². The molecule has 1 aromatic heterocycles. The molecule has 0 atom stereocenters. The van der Waals surface area contributed by atoms with E-state index in [-0.39, 0.29) is 18.4 Å². The van der Waals surface area contributed by atoms with Crippen molar-refractivity contribution in [3.8, 4) is 0 Å². The van der Waals surface area contributed by atoms with Crippen molar-refractivity contribution in [3.05, 3.63) is 101 Å². The number of benzene rings is 2. The Labute approximate surface area is 182 Å². The van der Waals surface area contributed by atoms with Gasteiger partial charge >= 0.3 is 0 Å². The molecular weight excluding hydrogens is 386 g/mol.